The van der Waals surface area contributed by atoms with Crippen LogP contribution in [0.5, 0.6) is 0 Å². The number of hydrogen-bond acceptors (Lipinski definition) is 2. The lowest BCUT2D eigenvalue weighted by atomic mass is 9.81. The van der Waals surface area contributed by atoms with Crippen LogP contribution >= 0.6 is 12.2 Å². The number of thiocarbonyl (C=S) groups is 1. The van der Waals surface area contributed by atoms with Crippen LogP contribution in [0.15, 0.2) is 12.1 Å². The standard InChI is InChI=1S/C14H20F2N2S/c1-8(2)14(3,4)7-18-10-6-5-9(13(17)19)11(15)12(10)16/h5-6,8,18H,7H2,1-4H3,(H2,17,19). The lowest BCUT2D eigenvalue weighted by Crippen LogP contribution is -2.29. The Balaban J connectivity index is 2.93. The number of nitrogens with two attached hydrogens (primary N) is 1. The van der Waals surface area contributed by atoms with E-state index in [1.165, 1.54) is 12.1 Å². The fourth-order valence-electron chi connectivity index (χ4n) is 1.40. The number of rotatable bonds is 5. The molecule has 0 saturated heterocycles. The molecule has 0 aliphatic heterocycles. The number of anilines is 1. The third kappa shape index (κ3) is 3.62. The summed E-state index contributed by atoms with van der Waals surface area (Å²) in [6, 6.07) is 2.86. The highest BCUT2D eigenvalue weighted by Gasteiger charge is 2.23. The van der Waals surface area contributed by atoms with Crippen molar-refractivity contribution in [3.63, 3.8) is 0 Å². The molecule has 2 nitrogen and oxygen atoms in total. The summed E-state index contributed by atoms with van der Waals surface area (Å²) in [6.07, 6.45) is 0. The third-order valence-corrected chi connectivity index (χ3v) is 3.87. The van der Waals surface area contributed by atoms with E-state index in [1.54, 1.807) is 0 Å². The topological polar surface area (TPSA) is 38.0 Å². The van der Waals surface area contributed by atoms with Crippen molar-refractivity contribution >= 4 is 22.9 Å². The normalized spacial score (nSPS) is 11.7. The maximum Gasteiger partial charge on any atom is 0.182 e. The van der Waals surface area contributed by atoms with Crippen LogP contribution in [0.4, 0.5) is 14.5 Å². The second-order valence-corrected chi connectivity index (χ2v) is 6.09. The van der Waals surface area contributed by atoms with Gasteiger partial charge in [-0.25, -0.2) is 8.78 Å². The predicted molar refractivity (Wildman–Crippen MR) is 79.4 cm³/mol. The van der Waals surface area contributed by atoms with Crippen LogP contribution in [0.1, 0.15) is 33.3 Å². The molecule has 0 bridgehead atoms. The summed E-state index contributed by atoms with van der Waals surface area (Å²) in [5.74, 6) is -1.52. The molecule has 0 radical (unpaired) electrons. The third-order valence-electron chi connectivity index (χ3n) is 3.65. The molecule has 0 heterocycles. The van der Waals surface area contributed by atoms with E-state index < -0.39 is 11.6 Å². The van der Waals surface area contributed by atoms with E-state index in [4.69, 9.17) is 5.73 Å². The van der Waals surface area contributed by atoms with E-state index in [9.17, 15) is 8.78 Å². The van der Waals surface area contributed by atoms with Gasteiger partial charge in [0.2, 0.25) is 0 Å². The molecule has 0 aliphatic carbocycles. The smallest absolute Gasteiger partial charge is 0.182 e. The summed E-state index contributed by atoms with van der Waals surface area (Å²) < 4.78 is 27.6. The highest BCUT2D eigenvalue weighted by atomic mass is 32.1. The van der Waals surface area contributed by atoms with Crippen LogP contribution in [0, 0.1) is 23.0 Å². The molecule has 3 N–H and O–H groups in total. The Morgan fingerprint density at radius 2 is 1.89 bits per heavy atom. The van der Waals surface area contributed by atoms with Crippen molar-refractivity contribution < 1.29 is 8.78 Å². The van der Waals surface area contributed by atoms with Gasteiger partial charge in [0.25, 0.3) is 0 Å². The van der Waals surface area contributed by atoms with Crippen molar-refractivity contribution in [3.8, 4) is 0 Å². The quantitative estimate of drug-likeness (QED) is 0.811. The fraction of sp³-hybridized carbons (Fsp3) is 0.500. The first kappa shape index (κ1) is 15.8. The van der Waals surface area contributed by atoms with E-state index in [-0.39, 0.29) is 21.7 Å². The van der Waals surface area contributed by atoms with Gasteiger partial charge in [0.1, 0.15) is 4.99 Å². The molecular weight excluding hydrogens is 266 g/mol. The van der Waals surface area contributed by atoms with Gasteiger partial charge in [0, 0.05) is 12.1 Å². The summed E-state index contributed by atoms with van der Waals surface area (Å²) >= 11 is 4.66. The van der Waals surface area contributed by atoms with Gasteiger partial charge in [0.15, 0.2) is 11.6 Å². The van der Waals surface area contributed by atoms with Gasteiger partial charge < -0.3 is 11.1 Å². The molecule has 5 heteroatoms. The maximum absolute atomic E-state index is 13.8. The first-order valence-corrected chi connectivity index (χ1v) is 6.59. The molecule has 0 atom stereocenters. The van der Waals surface area contributed by atoms with Gasteiger partial charge in [-0.3, -0.25) is 0 Å². The molecule has 0 amide bonds. The number of benzene rings is 1. The first-order valence-electron chi connectivity index (χ1n) is 6.18. The molecule has 0 aromatic heterocycles. The average Bonchev–Trinajstić information content (AvgIpc) is 2.30. The van der Waals surface area contributed by atoms with Crippen LogP contribution in [-0.4, -0.2) is 11.5 Å². The maximum atomic E-state index is 13.8. The van der Waals surface area contributed by atoms with Crippen LogP contribution in [0.2, 0.25) is 0 Å². The monoisotopic (exact) mass is 286 g/mol. The molecule has 0 aliphatic rings. The Kier molecular flexibility index (Phi) is 4.85. The van der Waals surface area contributed by atoms with Gasteiger partial charge in [-0.05, 0) is 23.5 Å². The van der Waals surface area contributed by atoms with Crippen molar-refractivity contribution in [1.82, 2.24) is 0 Å². The summed E-state index contributed by atoms with van der Waals surface area (Å²) in [5.41, 5.74) is 5.36. The van der Waals surface area contributed by atoms with Gasteiger partial charge in [-0.2, -0.15) is 0 Å². The van der Waals surface area contributed by atoms with E-state index in [0.717, 1.165) is 0 Å². The van der Waals surface area contributed by atoms with E-state index in [0.29, 0.717) is 12.5 Å². The Morgan fingerprint density at radius 1 is 1.32 bits per heavy atom. The van der Waals surface area contributed by atoms with Crippen LogP contribution in [0.3, 0.4) is 0 Å². The molecule has 0 spiro atoms. The lowest BCUT2D eigenvalue weighted by Gasteiger charge is -2.30. The Hall–Kier alpha value is -1.23. The number of hydrogen-bond donors (Lipinski definition) is 2. The molecule has 1 rings (SSSR count). The molecule has 1 aromatic rings. The number of halogens is 2. The zero-order valence-electron chi connectivity index (χ0n) is 11.7. The van der Waals surface area contributed by atoms with Crippen molar-refractivity contribution in [2.45, 2.75) is 27.7 Å². The van der Waals surface area contributed by atoms with Crippen LogP contribution in [-0.2, 0) is 0 Å². The molecule has 1 aromatic carbocycles. The second-order valence-electron chi connectivity index (χ2n) is 5.65. The predicted octanol–water partition coefficient (Wildman–Crippen LogP) is 3.69. The zero-order chi connectivity index (χ0) is 14.8. The molecule has 0 unspecified atom stereocenters. The Labute approximate surface area is 118 Å². The highest BCUT2D eigenvalue weighted by molar-refractivity contribution is 7.80. The number of nitrogens with one attached hydrogen (secondary N) is 1. The molecule has 0 saturated carbocycles. The van der Waals surface area contributed by atoms with E-state index in [2.05, 4.69) is 45.2 Å². The fourth-order valence-corrected chi connectivity index (χ4v) is 1.56. The zero-order valence-corrected chi connectivity index (χ0v) is 12.5. The van der Waals surface area contributed by atoms with Gasteiger partial charge in [0.05, 0.1) is 5.69 Å². The summed E-state index contributed by atoms with van der Waals surface area (Å²) in [4.78, 5) is -0.148. The van der Waals surface area contributed by atoms with Gasteiger partial charge >= 0.3 is 0 Å². The van der Waals surface area contributed by atoms with Crippen molar-refractivity contribution in [2.24, 2.45) is 17.1 Å². The van der Waals surface area contributed by atoms with Crippen molar-refractivity contribution in [2.75, 3.05) is 11.9 Å². The van der Waals surface area contributed by atoms with Crippen LogP contribution < -0.4 is 11.1 Å². The van der Waals surface area contributed by atoms with Gasteiger partial charge in [-0.1, -0.05) is 39.9 Å². The molecule has 19 heavy (non-hydrogen) atoms. The average molecular weight is 286 g/mol. The minimum Gasteiger partial charge on any atom is -0.389 e. The van der Waals surface area contributed by atoms with Crippen LogP contribution in [0.25, 0.3) is 0 Å². The molecular formula is C14H20F2N2S. The first-order chi connectivity index (χ1) is 8.66. The summed E-state index contributed by atoms with van der Waals surface area (Å²) in [6.45, 7) is 8.88. The molecule has 0 fully saturated rings. The Bertz CT molecular complexity index is 485. The van der Waals surface area contributed by atoms with E-state index in [1.807, 2.05) is 0 Å². The van der Waals surface area contributed by atoms with Crippen molar-refractivity contribution in [3.05, 3.63) is 29.3 Å². The lowest BCUT2D eigenvalue weighted by molar-refractivity contribution is 0.269. The van der Waals surface area contributed by atoms with Gasteiger partial charge in [-0.15, -0.1) is 0 Å². The minimum atomic E-state index is -1.00. The SMILES string of the molecule is CC(C)C(C)(C)CNc1ccc(C(N)=S)c(F)c1F. The Morgan fingerprint density at radius 3 is 2.37 bits per heavy atom. The van der Waals surface area contributed by atoms with Crippen molar-refractivity contribution in [1.29, 1.82) is 0 Å². The van der Waals surface area contributed by atoms with E-state index >= 15 is 0 Å². The minimum absolute atomic E-state index is 0.0231. The summed E-state index contributed by atoms with van der Waals surface area (Å²) in [7, 11) is 0. The highest BCUT2D eigenvalue weighted by Crippen LogP contribution is 2.28. The largest absolute Gasteiger partial charge is 0.389 e. The summed E-state index contributed by atoms with van der Waals surface area (Å²) in [5, 5.41) is 2.94. The second kappa shape index (κ2) is 5.82. The molecule has 106 valence electrons.